The number of imidazole rings is 1. The molecule has 96 valence electrons. The highest BCUT2D eigenvalue weighted by atomic mass is 15.2. The van der Waals surface area contributed by atoms with E-state index in [1.165, 1.54) is 38.8 Å². The first-order valence-corrected chi connectivity index (χ1v) is 6.63. The predicted octanol–water partition coefficient (Wildman–Crippen LogP) is 1.72. The molecule has 1 aromatic heterocycles. The van der Waals surface area contributed by atoms with E-state index in [-0.39, 0.29) is 0 Å². The Morgan fingerprint density at radius 3 is 3.06 bits per heavy atom. The minimum Gasteiger partial charge on any atom is -0.348 e. The van der Waals surface area contributed by atoms with E-state index in [4.69, 9.17) is 0 Å². The second-order valence-electron chi connectivity index (χ2n) is 5.25. The summed E-state index contributed by atoms with van der Waals surface area (Å²) in [6, 6.07) is 0.733. The van der Waals surface area contributed by atoms with Crippen molar-refractivity contribution in [2.75, 3.05) is 27.2 Å². The lowest BCUT2D eigenvalue weighted by Crippen LogP contribution is -2.40. The highest BCUT2D eigenvalue weighted by Gasteiger charge is 2.22. The van der Waals surface area contributed by atoms with Gasteiger partial charge in [-0.25, -0.2) is 4.98 Å². The molecule has 17 heavy (non-hydrogen) atoms. The molecule has 4 heteroatoms. The van der Waals surface area contributed by atoms with Crippen molar-refractivity contribution < 1.29 is 0 Å². The van der Waals surface area contributed by atoms with E-state index in [2.05, 4.69) is 33.9 Å². The van der Waals surface area contributed by atoms with E-state index in [1.54, 1.807) is 0 Å². The predicted molar refractivity (Wildman–Crippen MR) is 69.8 cm³/mol. The van der Waals surface area contributed by atoms with Crippen molar-refractivity contribution in [3.05, 3.63) is 18.2 Å². The number of piperidine rings is 1. The lowest BCUT2D eigenvalue weighted by atomic mass is 9.99. The molecule has 0 aliphatic carbocycles. The van der Waals surface area contributed by atoms with Gasteiger partial charge in [0.05, 0.1) is 6.54 Å². The molecule has 2 heterocycles. The fourth-order valence-electron chi connectivity index (χ4n) is 2.58. The van der Waals surface area contributed by atoms with Gasteiger partial charge in [-0.3, -0.25) is 4.90 Å². The van der Waals surface area contributed by atoms with Crippen LogP contribution in [0.5, 0.6) is 0 Å². The SMILES string of the molecule is CN(C)CCC1CCCCN1Cc1ncc[nH]1. The molecule has 1 N–H and O–H groups in total. The average Bonchev–Trinajstić information content (AvgIpc) is 2.80. The van der Waals surface area contributed by atoms with E-state index in [9.17, 15) is 0 Å². The Labute approximate surface area is 104 Å². The van der Waals surface area contributed by atoms with Crippen molar-refractivity contribution in [2.24, 2.45) is 0 Å². The molecule has 1 aliphatic rings. The summed E-state index contributed by atoms with van der Waals surface area (Å²) in [7, 11) is 4.30. The lowest BCUT2D eigenvalue weighted by molar-refractivity contribution is 0.122. The molecule has 1 aromatic rings. The summed E-state index contributed by atoms with van der Waals surface area (Å²) < 4.78 is 0. The monoisotopic (exact) mass is 236 g/mol. The van der Waals surface area contributed by atoms with E-state index in [1.807, 2.05) is 12.4 Å². The first kappa shape index (κ1) is 12.6. The third-order valence-electron chi connectivity index (χ3n) is 3.57. The summed E-state index contributed by atoms with van der Waals surface area (Å²) in [6.07, 6.45) is 9.08. The molecule has 4 nitrogen and oxygen atoms in total. The van der Waals surface area contributed by atoms with Gasteiger partial charge >= 0.3 is 0 Å². The number of hydrogen-bond acceptors (Lipinski definition) is 3. The van der Waals surface area contributed by atoms with Crippen LogP contribution in [0.2, 0.25) is 0 Å². The topological polar surface area (TPSA) is 35.2 Å². The van der Waals surface area contributed by atoms with Crippen LogP contribution in [-0.4, -0.2) is 53.0 Å². The van der Waals surface area contributed by atoms with Gasteiger partial charge in [0.2, 0.25) is 0 Å². The number of likely N-dealkylation sites (tertiary alicyclic amines) is 1. The second-order valence-corrected chi connectivity index (χ2v) is 5.25. The molecule has 0 aromatic carbocycles. The van der Waals surface area contributed by atoms with E-state index in [0.717, 1.165) is 18.4 Å². The zero-order valence-corrected chi connectivity index (χ0v) is 11.0. The first-order valence-electron chi connectivity index (χ1n) is 6.63. The quantitative estimate of drug-likeness (QED) is 0.845. The molecular formula is C13H24N4. The maximum absolute atomic E-state index is 4.33. The van der Waals surface area contributed by atoms with Crippen molar-refractivity contribution >= 4 is 0 Å². The zero-order valence-electron chi connectivity index (χ0n) is 11.0. The van der Waals surface area contributed by atoms with Crippen LogP contribution in [0.4, 0.5) is 0 Å². The van der Waals surface area contributed by atoms with Gasteiger partial charge in [-0.05, 0) is 46.4 Å². The summed E-state index contributed by atoms with van der Waals surface area (Å²) in [5.41, 5.74) is 0. The molecule has 0 bridgehead atoms. The van der Waals surface area contributed by atoms with Crippen LogP contribution in [0.25, 0.3) is 0 Å². The zero-order chi connectivity index (χ0) is 12.1. The van der Waals surface area contributed by atoms with Gasteiger partial charge in [0, 0.05) is 18.4 Å². The number of nitrogens with one attached hydrogen (secondary N) is 1. The summed E-state index contributed by atoms with van der Waals surface area (Å²) in [4.78, 5) is 12.4. The maximum Gasteiger partial charge on any atom is 0.120 e. The molecule has 0 amide bonds. The molecule has 1 saturated heterocycles. The van der Waals surface area contributed by atoms with Crippen molar-refractivity contribution in [1.29, 1.82) is 0 Å². The van der Waals surface area contributed by atoms with Crippen LogP contribution >= 0.6 is 0 Å². The van der Waals surface area contributed by atoms with Crippen LogP contribution in [0.1, 0.15) is 31.5 Å². The minimum atomic E-state index is 0.733. The number of rotatable bonds is 5. The summed E-state index contributed by atoms with van der Waals surface area (Å²) in [5.74, 6) is 1.10. The fourth-order valence-corrected chi connectivity index (χ4v) is 2.58. The fraction of sp³-hybridized carbons (Fsp3) is 0.769. The first-order chi connectivity index (χ1) is 8.25. The number of aromatic amines is 1. The van der Waals surface area contributed by atoms with Crippen LogP contribution in [0, 0.1) is 0 Å². The summed E-state index contributed by atoms with van der Waals surface area (Å²) in [5, 5.41) is 0. The van der Waals surface area contributed by atoms with E-state index >= 15 is 0 Å². The molecule has 1 aliphatic heterocycles. The number of H-pyrrole nitrogens is 1. The Hall–Kier alpha value is -0.870. The Balaban J connectivity index is 1.87. The van der Waals surface area contributed by atoms with Crippen LogP contribution < -0.4 is 0 Å². The Morgan fingerprint density at radius 2 is 2.35 bits per heavy atom. The third kappa shape index (κ3) is 3.82. The average molecular weight is 236 g/mol. The van der Waals surface area contributed by atoms with Crippen molar-refractivity contribution in [3.8, 4) is 0 Å². The van der Waals surface area contributed by atoms with Gasteiger partial charge in [-0.15, -0.1) is 0 Å². The van der Waals surface area contributed by atoms with E-state index in [0.29, 0.717) is 0 Å². The second kappa shape index (κ2) is 6.17. The molecule has 1 fully saturated rings. The number of nitrogens with zero attached hydrogens (tertiary/aromatic N) is 3. The molecule has 0 spiro atoms. The molecule has 2 rings (SSSR count). The maximum atomic E-state index is 4.33. The number of hydrogen-bond donors (Lipinski definition) is 1. The summed E-state index contributed by atoms with van der Waals surface area (Å²) in [6.45, 7) is 3.38. The normalized spacial score (nSPS) is 22.2. The van der Waals surface area contributed by atoms with Gasteiger partial charge in [0.15, 0.2) is 0 Å². The third-order valence-corrected chi connectivity index (χ3v) is 3.57. The van der Waals surface area contributed by atoms with Gasteiger partial charge in [-0.2, -0.15) is 0 Å². The van der Waals surface area contributed by atoms with Crippen LogP contribution in [0.15, 0.2) is 12.4 Å². The highest BCUT2D eigenvalue weighted by Crippen LogP contribution is 2.21. The summed E-state index contributed by atoms with van der Waals surface area (Å²) >= 11 is 0. The smallest absolute Gasteiger partial charge is 0.120 e. The molecule has 1 unspecified atom stereocenters. The molecule has 1 atom stereocenters. The van der Waals surface area contributed by atoms with Crippen LogP contribution in [-0.2, 0) is 6.54 Å². The van der Waals surface area contributed by atoms with Gasteiger partial charge < -0.3 is 9.88 Å². The largest absolute Gasteiger partial charge is 0.348 e. The Bertz CT molecular complexity index is 307. The van der Waals surface area contributed by atoms with E-state index < -0.39 is 0 Å². The highest BCUT2D eigenvalue weighted by molar-refractivity contribution is 4.89. The Kier molecular flexibility index (Phi) is 4.57. The number of aromatic nitrogens is 2. The standard InChI is InChI=1S/C13H24N4/c1-16(2)10-6-12-5-3-4-9-17(12)11-13-14-7-8-15-13/h7-8,12H,3-6,9-11H2,1-2H3,(H,14,15). The molecule has 0 radical (unpaired) electrons. The van der Waals surface area contributed by atoms with Crippen molar-refractivity contribution in [3.63, 3.8) is 0 Å². The van der Waals surface area contributed by atoms with Gasteiger partial charge in [0.1, 0.15) is 5.82 Å². The lowest BCUT2D eigenvalue weighted by Gasteiger charge is -2.35. The van der Waals surface area contributed by atoms with Crippen LogP contribution in [0.3, 0.4) is 0 Å². The molecular weight excluding hydrogens is 212 g/mol. The Morgan fingerprint density at radius 1 is 1.47 bits per heavy atom. The van der Waals surface area contributed by atoms with Crippen molar-refractivity contribution in [2.45, 2.75) is 38.3 Å². The van der Waals surface area contributed by atoms with Crippen molar-refractivity contribution in [1.82, 2.24) is 19.8 Å². The molecule has 0 saturated carbocycles. The van der Waals surface area contributed by atoms with Gasteiger partial charge in [-0.1, -0.05) is 6.42 Å². The minimum absolute atomic E-state index is 0.733. The van der Waals surface area contributed by atoms with Gasteiger partial charge in [0.25, 0.3) is 0 Å².